The molecule has 11 heavy (non-hydrogen) atoms. The second kappa shape index (κ2) is 2.59. The first-order valence-corrected chi connectivity index (χ1v) is 4.39. The second-order valence-electron chi connectivity index (χ2n) is 3.93. The molecule has 0 aromatic rings. The Morgan fingerprint density at radius 1 is 1.55 bits per heavy atom. The number of aldehydes is 1. The lowest BCUT2D eigenvalue weighted by atomic mass is 9.83. The van der Waals surface area contributed by atoms with Gasteiger partial charge in [-0.3, -0.25) is 0 Å². The minimum absolute atomic E-state index is 0.0822. The summed E-state index contributed by atoms with van der Waals surface area (Å²) >= 11 is 0. The maximum atomic E-state index is 10.8. The summed E-state index contributed by atoms with van der Waals surface area (Å²) in [7, 11) is 0. The molecular formula is C9H14O2. The molecule has 1 saturated carbocycles. The molecule has 0 spiro atoms. The maximum absolute atomic E-state index is 10.8. The Balaban J connectivity index is 1.96. The number of carbonyl (C=O) groups excluding carboxylic acids is 1. The molecule has 2 heteroatoms. The Morgan fingerprint density at radius 3 is 2.82 bits per heavy atom. The average Bonchev–Trinajstić information content (AvgIpc) is 2.68. The van der Waals surface area contributed by atoms with Crippen molar-refractivity contribution in [2.75, 3.05) is 13.2 Å². The minimum Gasteiger partial charge on any atom is -0.380 e. The molecule has 0 aromatic heterocycles. The van der Waals surface area contributed by atoms with Gasteiger partial charge in [-0.05, 0) is 18.8 Å². The minimum atomic E-state index is -0.0822. The van der Waals surface area contributed by atoms with Gasteiger partial charge >= 0.3 is 0 Å². The van der Waals surface area contributed by atoms with Crippen LogP contribution in [0.4, 0.5) is 0 Å². The van der Waals surface area contributed by atoms with Crippen LogP contribution in [0.25, 0.3) is 0 Å². The van der Waals surface area contributed by atoms with E-state index in [2.05, 4.69) is 0 Å². The Kier molecular flexibility index (Phi) is 1.72. The zero-order valence-corrected chi connectivity index (χ0v) is 6.71. The van der Waals surface area contributed by atoms with Crippen molar-refractivity contribution in [3.8, 4) is 0 Å². The van der Waals surface area contributed by atoms with Gasteiger partial charge in [-0.1, -0.05) is 12.8 Å². The van der Waals surface area contributed by atoms with Gasteiger partial charge in [0, 0.05) is 6.61 Å². The van der Waals surface area contributed by atoms with Crippen LogP contribution in [0.2, 0.25) is 0 Å². The molecule has 0 bridgehead atoms. The van der Waals surface area contributed by atoms with Crippen molar-refractivity contribution in [2.45, 2.75) is 25.7 Å². The fourth-order valence-corrected chi connectivity index (χ4v) is 1.82. The Morgan fingerprint density at radius 2 is 2.36 bits per heavy atom. The quantitative estimate of drug-likeness (QED) is 0.574. The van der Waals surface area contributed by atoms with E-state index >= 15 is 0 Å². The first-order valence-electron chi connectivity index (χ1n) is 4.39. The van der Waals surface area contributed by atoms with Gasteiger partial charge in [0.25, 0.3) is 0 Å². The summed E-state index contributed by atoms with van der Waals surface area (Å²) in [6.45, 7) is 1.46. The lowest BCUT2D eigenvalue weighted by Crippen LogP contribution is -2.23. The molecule has 2 fully saturated rings. The molecule has 1 aliphatic carbocycles. The van der Waals surface area contributed by atoms with Crippen LogP contribution in [-0.2, 0) is 9.53 Å². The van der Waals surface area contributed by atoms with Crippen LogP contribution in [0.3, 0.4) is 0 Å². The molecule has 0 radical (unpaired) electrons. The van der Waals surface area contributed by atoms with E-state index in [1.165, 1.54) is 12.8 Å². The van der Waals surface area contributed by atoms with Crippen LogP contribution < -0.4 is 0 Å². The van der Waals surface area contributed by atoms with Crippen molar-refractivity contribution >= 4 is 6.29 Å². The smallest absolute Gasteiger partial charge is 0.128 e. The van der Waals surface area contributed by atoms with Gasteiger partial charge in [0.2, 0.25) is 0 Å². The van der Waals surface area contributed by atoms with Crippen molar-refractivity contribution < 1.29 is 9.53 Å². The van der Waals surface area contributed by atoms with E-state index in [1.54, 1.807) is 0 Å². The fourth-order valence-electron chi connectivity index (χ4n) is 1.82. The molecule has 2 rings (SSSR count). The monoisotopic (exact) mass is 154 g/mol. The lowest BCUT2D eigenvalue weighted by Gasteiger charge is -2.18. The SMILES string of the molecule is O=CC1(CC2CC2)CCOC1. The van der Waals surface area contributed by atoms with Crippen molar-refractivity contribution in [2.24, 2.45) is 11.3 Å². The average molecular weight is 154 g/mol. The first-order chi connectivity index (χ1) is 5.35. The van der Waals surface area contributed by atoms with E-state index in [-0.39, 0.29) is 5.41 Å². The van der Waals surface area contributed by atoms with Crippen molar-refractivity contribution in [1.82, 2.24) is 0 Å². The zero-order valence-electron chi connectivity index (χ0n) is 6.71. The number of ether oxygens (including phenoxy) is 1. The summed E-state index contributed by atoms with van der Waals surface area (Å²) in [5.41, 5.74) is -0.0822. The molecule has 0 amide bonds. The predicted molar refractivity (Wildman–Crippen MR) is 41.3 cm³/mol. The molecule has 2 nitrogen and oxygen atoms in total. The third-order valence-corrected chi connectivity index (χ3v) is 2.78. The fraction of sp³-hybridized carbons (Fsp3) is 0.889. The van der Waals surface area contributed by atoms with Gasteiger partial charge in [-0.25, -0.2) is 0 Å². The largest absolute Gasteiger partial charge is 0.380 e. The first kappa shape index (κ1) is 7.29. The summed E-state index contributed by atoms with van der Waals surface area (Å²) in [5.74, 6) is 0.835. The van der Waals surface area contributed by atoms with E-state index in [1.807, 2.05) is 0 Å². The highest BCUT2D eigenvalue weighted by atomic mass is 16.5. The highest BCUT2D eigenvalue weighted by molar-refractivity contribution is 5.60. The summed E-state index contributed by atoms with van der Waals surface area (Å²) in [6.07, 6.45) is 5.81. The third kappa shape index (κ3) is 1.45. The molecule has 2 aliphatic rings. The molecule has 1 saturated heterocycles. The van der Waals surface area contributed by atoms with E-state index in [0.29, 0.717) is 6.61 Å². The van der Waals surface area contributed by atoms with Gasteiger partial charge in [0.1, 0.15) is 6.29 Å². The Bertz CT molecular complexity index is 155. The van der Waals surface area contributed by atoms with Gasteiger partial charge < -0.3 is 9.53 Å². The summed E-state index contributed by atoms with van der Waals surface area (Å²) in [5, 5.41) is 0. The van der Waals surface area contributed by atoms with Crippen LogP contribution in [-0.4, -0.2) is 19.5 Å². The van der Waals surface area contributed by atoms with Crippen molar-refractivity contribution in [1.29, 1.82) is 0 Å². The number of rotatable bonds is 3. The maximum Gasteiger partial charge on any atom is 0.128 e. The van der Waals surface area contributed by atoms with Gasteiger partial charge in [-0.2, -0.15) is 0 Å². The lowest BCUT2D eigenvalue weighted by molar-refractivity contribution is -0.116. The summed E-state index contributed by atoms with van der Waals surface area (Å²) < 4.78 is 5.25. The molecule has 0 aromatic carbocycles. The Labute approximate surface area is 66.9 Å². The number of hydrogen-bond acceptors (Lipinski definition) is 2. The van der Waals surface area contributed by atoms with Crippen molar-refractivity contribution in [3.05, 3.63) is 0 Å². The van der Waals surface area contributed by atoms with Crippen LogP contribution in [0, 0.1) is 11.3 Å². The van der Waals surface area contributed by atoms with E-state index in [0.717, 1.165) is 31.7 Å². The standard InChI is InChI=1S/C9H14O2/c10-6-9(3-4-11-7-9)5-8-1-2-8/h6,8H,1-5,7H2. The van der Waals surface area contributed by atoms with Crippen LogP contribution in [0.15, 0.2) is 0 Å². The number of carbonyl (C=O) groups is 1. The predicted octanol–water partition coefficient (Wildman–Crippen LogP) is 1.39. The summed E-state index contributed by atoms with van der Waals surface area (Å²) in [4.78, 5) is 10.8. The molecule has 1 aliphatic heterocycles. The molecule has 62 valence electrons. The van der Waals surface area contributed by atoms with Crippen LogP contribution in [0.1, 0.15) is 25.7 Å². The van der Waals surface area contributed by atoms with Crippen molar-refractivity contribution in [3.63, 3.8) is 0 Å². The molecule has 1 heterocycles. The van der Waals surface area contributed by atoms with Gasteiger partial charge in [0.05, 0.1) is 12.0 Å². The highest BCUT2D eigenvalue weighted by Crippen LogP contribution is 2.43. The third-order valence-electron chi connectivity index (χ3n) is 2.78. The van der Waals surface area contributed by atoms with E-state index in [9.17, 15) is 4.79 Å². The molecule has 1 atom stereocenters. The Hall–Kier alpha value is -0.370. The molecule has 0 N–H and O–H groups in total. The van der Waals surface area contributed by atoms with E-state index in [4.69, 9.17) is 4.74 Å². The highest BCUT2D eigenvalue weighted by Gasteiger charge is 2.39. The topological polar surface area (TPSA) is 26.3 Å². The van der Waals surface area contributed by atoms with Crippen LogP contribution >= 0.6 is 0 Å². The van der Waals surface area contributed by atoms with Gasteiger partial charge in [-0.15, -0.1) is 0 Å². The normalized spacial score (nSPS) is 37.5. The van der Waals surface area contributed by atoms with Gasteiger partial charge in [0.15, 0.2) is 0 Å². The molecular weight excluding hydrogens is 140 g/mol. The molecule has 1 unspecified atom stereocenters. The second-order valence-corrected chi connectivity index (χ2v) is 3.93. The van der Waals surface area contributed by atoms with E-state index < -0.39 is 0 Å². The zero-order chi connectivity index (χ0) is 7.73. The van der Waals surface area contributed by atoms with Crippen LogP contribution in [0.5, 0.6) is 0 Å². The number of hydrogen-bond donors (Lipinski definition) is 0. The summed E-state index contributed by atoms with van der Waals surface area (Å²) in [6, 6.07) is 0.